The summed E-state index contributed by atoms with van der Waals surface area (Å²) in [6.07, 6.45) is 2.03. The summed E-state index contributed by atoms with van der Waals surface area (Å²) in [7, 11) is 0. The SMILES string of the molecule is O=C(NCc1ccccc1)NCc1ccccc1-c1ccc([C@@H]2O[C@H](CN3CCC[C@H]3CO)C[C@H](c3ccc(CO)cc3)O2)cc1. The van der Waals surface area contributed by atoms with Gasteiger partial charge in [0.05, 0.1) is 25.4 Å². The van der Waals surface area contributed by atoms with Crippen LogP contribution in [-0.4, -0.2) is 53.0 Å². The first kappa shape index (κ1) is 31.9. The number of nitrogens with zero attached hydrogens (tertiary/aromatic N) is 1. The Bertz CT molecular complexity index is 1550. The van der Waals surface area contributed by atoms with Gasteiger partial charge in [0.2, 0.25) is 0 Å². The number of carbonyl (C=O) groups excluding carboxylic acids is 1. The second-order valence-electron chi connectivity index (χ2n) is 12.1. The van der Waals surface area contributed by atoms with Crippen LogP contribution in [0.4, 0.5) is 4.79 Å². The topological polar surface area (TPSA) is 103 Å². The van der Waals surface area contributed by atoms with Crippen molar-refractivity contribution in [3.8, 4) is 11.1 Å². The first-order valence-electron chi connectivity index (χ1n) is 16.2. The number of hydrogen-bond donors (Lipinski definition) is 4. The minimum atomic E-state index is -0.546. The standard InChI is InChI=1S/C38H43N3O5/c42-25-28-12-14-30(15-13-28)36-21-34(24-41-20-6-10-33(41)26-43)45-37(46-36)31-18-16-29(17-19-31)35-11-5-4-9-32(35)23-40-38(44)39-22-27-7-2-1-3-8-27/h1-5,7-9,11-19,33-34,36-37,42-43H,6,10,20-26H2,(H2,39,40,44)/t33-,34-,36+,37+/m0/s1. The van der Waals surface area contributed by atoms with Crippen molar-refractivity contribution in [2.24, 2.45) is 0 Å². The number of aliphatic hydroxyl groups is 2. The largest absolute Gasteiger partial charge is 0.395 e. The minimum absolute atomic E-state index is 0.00463. The van der Waals surface area contributed by atoms with Crippen molar-refractivity contribution in [3.05, 3.63) is 131 Å². The fourth-order valence-electron chi connectivity index (χ4n) is 6.43. The van der Waals surface area contributed by atoms with Gasteiger partial charge in [0.15, 0.2) is 6.29 Å². The third-order valence-electron chi connectivity index (χ3n) is 9.01. The molecule has 0 bridgehead atoms. The molecule has 2 fully saturated rings. The number of hydrogen-bond acceptors (Lipinski definition) is 6. The maximum Gasteiger partial charge on any atom is 0.315 e. The van der Waals surface area contributed by atoms with Gasteiger partial charge in [-0.15, -0.1) is 0 Å². The molecule has 240 valence electrons. The van der Waals surface area contributed by atoms with Crippen LogP contribution in [-0.2, 0) is 29.2 Å². The zero-order valence-electron chi connectivity index (χ0n) is 26.1. The van der Waals surface area contributed by atoms with E-state index in [2.05, 4.69) is 45.9 Å². The zero-order valence-corrected chi connectivity index (χ0v) is 26.1. The maximum atomic E-state index is 12.5. The molecule has 0 unspecified atom stereocenters. The zero-order chi connectivity index (χ0) is 31.7. The molecule has 0 spiro atoms. The van der Waals surface area contributed by atoms with Crippen molar-refractivity contribution < 1.29 is 24.5 Å². The van der Waals surface area contributed by atoms with E-state index >= 15 is 0 Å². The monoisotopic (exact) mass is 621 g/mol. The van der Waals surface area contributed by atoms with Gasteiger partial charge in [0, 0.05) is 37.7 Å². The lowest BCUT2D eigenvalue weighted by molar-refractivity contribution is -0.253. The van der Waals surface area contributed by atoms with Gasteiger partial charge in [-0.3, -0.25) is 4.90 Å². The van der Waals surface area contributed by atoms with E-state index in [1.165, 1.54) is 0 Å². The first-order valence-corrected chi connectivity index (χ1v) is 16.2. The Hall–Kier alpha value is -4.05. The van der Waals surface area contributed by atoms with Crippen LogP contribution in [0.1, 0.15) is 59.5 Å². The van der Waals surface area contributed by atoms with E-state index in [9.17, 15) is 15.0 Å². The molecule has 0 radical (unpaired) electrons. The third kappa shape index (κ3) is 8.02. The second-order valence-corrected chi connectivity index (χ2v) is 12.1. The second kappa shape index (κ2) is 15.5. The number of nitrogens with one attached hydrogen (secondary N) is 2. The highest BCUT2D eigenvalue weighted by Gasteiger charge is 2.35. The van der Waals surface area contributed by atoms with E-state index in [-0.39, 0.29) is 37.5 Å². The highest BCUT2D eigenvalue weighted by molar-refractivity contribution is 5.75. The Morgan fingerprint density at radius 3 is 2.26 bits per heavy atom. The van der Waals surface area contributed by atoms with Crippen molar-refractivity contribution in [1.82, 2.24) is 15.5 Å². The lowest BCUT2D eigenvalue weighted by Gasteiger charge is -2.38. The molecule has 2 heterocycles. The molecule has 0 aliphatic carbocycles. The summed E-state index contributed by atoms with van der Waals surface area (Å²) in [6.45, 7) is 2.74. The smallest absolute Gasteiger partial charge is 0.315 e. The molecule has 2 saturated heterocycles. The minimum Gasteiger partial charge on any atom is -0.395 e. The van der Waals surface area contributed by atoms with Gasteiger partial charge in [-0.2, -0.15) is 0 Å². The number of rotatable bonds is 11. The van der Waals surface area contributed by atoms with Gasteiger partial charge in [-0.25, -0.2) is 4.79 Å². The van der Waals surface area contributed by atoms with E-state index < -0.39 is 6.29 Å². The summed E-state index contributed by atoms with van der Waals surface area (Å²) in [5.41, 5.74) is 7.01. The van der Waals surface area contributed by atoms with Crippen molar-refractivity contribution in [1.29, 1.82) is 0 Å². The first-order chi connectivity index (χ1) is 22.6. The van der Waals surface area contributed by atoms with Gasteiger partial charge in [-0.1, -0.05) is 103 Å². The summed E-state index contributed by atoms with van der Waals surface area (Å²) in [4.78, 5) is 14.9. The molecule has 4 aromatic carbocycles. The number of benzene rings is 4. The molecule has 8 nitrogen and oxygen atoms in total. The Balaban J connectivity index is 1.15. The number of carbonyl (C=O) groups is 1. The Morgan fingerprint density at radius 2 is 1.50 bits per heavy atom. The summed E-state index contributed by atoms with van der Waals surface area (Å²) in [6, 6.07) is 34.1. The Labute approximate surface area is 271 Å². The molecule has 6 rings (SSSR count). The Kier molecular flexibility index (Phi) is 10.7. The molecular weight excluding hydrogens is 578 g/mol. The van der Waals surface area contributed by atoms with Crippen molar-refractivity contribution in [3.63, 3.8) is 0 Å². The molecule has 4 N–H and O–H groups in total. The fraction of sp³-hybridized carbons (Fsp3) is 0.342. The lowest BCUT2D eigenvalue weighted by atomic mass is 9.97. The average Bonchev–Trinajstić information content (AvgIpc) is 3.57. The Morgan fingerprint density at radius 1 is 0.783 bits per heavy atom. The summed E-state index contributed by atoms with van der Waals surface area (Å²) >= 11 is 0. The molecular formula is C38H43N3O5. The van der Waals surface area contributed by atoms with Gasteiger partial charge in [0.1, 0.15) is 0 Å². The van der Waals surface area contributed by atoms with Crippen LogP contribution in [0.3, 0.4) is 0 Å². The number of ether oxygens (including phenoxy) is 2. The van der Waals surface area contributed by atoms with Crippen molar-refractivity contribution >= 4 is 6.03 Å². The molecule has 8 heteroatoms. The lowest BCUT2D eigenvalue weighted by Crippen LogP contribution is -2.42. The molecule has 4 aromatic rings. The summed E-state index contributed by atoms with van der Waals surface area (Å²) in [5.74, 6) is 0. The van der Waals surface area contributed by atoms with Crippen LogP contribution in [0.5, 0.6) is 0 Å². The maximum absolute atomic E-state index is 12.5. The van der Waals surface area contributed by atoms with E-state index in [1.807, 2.05) is 72.8 Å². The van der Waals surface area contributed by atoms with Crippen molar-refractivity contribution in [2.45, 2.75) is 63.5 Å². The normalized spacial score (nSPS) is 21.6. The van der Waals surface area contributed by atoms with Crippen LogP contribution >= 0.6 is 0 Å². The number of aliphatic hydroxyl groups excluding tert-OH is 2. The van der Waals surface area contributed by atoms with E-state index in [1.54, 1.807) is 0 Å². The van der Waals surface area contributed by atoms with E-state index in [0.29, 0.717) is 19.5 Å². The highest BCUT2D eigenvalue weighted by atomic mass is 16.7. The molecule has 2 aliphatic rings. The molecule has 4 atom stereocenters. The summed E-state index contributed by atoms with van der Waals surface area (Å²) < 4.78 is 13.1. The number of likely N-dealkylation sites (tertiary alicyclic amines) is 1. The third-order valence-corrected chi connectivity index (χ3v) is 9.01. The number of urea groups is 1. The van der Waals surface area contributed by atoms with Crippen LogP contribution in [0, 0.1) is 0 Å². The van der Waals surface area contributed by atoms with Gasteiger partial charge in [-0.05, 0) is 52.8 Å². The van der Waals surface area contributed by atoms with Crippen LogP contribution in [0.15, 0.2) is 103 Å². The number of amides is 2. The van der Waals surface area contributed by atoms with Crippen molar-refractivity contribution in [2.75, 3.05) is 19.7 Å². The predicted octanol–water partition coefficient (Wildman–Crippen LogP) is 5.85. The van der Waals surface area contributed by atoms with Crippen LogP contribution in [0.2, 0.25) is 0 Å². The molecule has 0 saturated carbocycles. The van der Waals surface area contributed by atoms with Gasteiger partial charge >= 0.3 is 6.03 Å². The molecule has 2 aliphatic heterocycles. The average molecular weight is 622 g/mol. The molecule has 0 aromatic heterocycles. The summed E-state index contributed by atoms with van der Waals surface area (Å²) in [5, 5.41) is 25.3. The van der Waals surface area contributed by atoms with E-state index in [4.69, 9.17) is 9.47 Å². The van der Waals surface area contributed by atoms with Gasteiger partial charge < -0.3 is 30.3 Å². The fourth-order valence-corrected chi connectivity index (χ4v) is 6.43. The molecule has 2 amide bonds. The quantitative estimate of drug-likeness (QED) is 0.168. The van der Waals surface area contributed by atoms with E-state index in [0.717, 1.165) is 64.9 Å². The van der Waals surface area contributed by atoms with Gasteiger partial charge in [0.25, 0.3) is 0 Å². The highest BCUT2D eigenvalue weighted by Crippen LogP contribution is 2.39. The molecule has 46 heavy (non-hydrogen) atoms. The predicted molar refractivity (Wildman–Crippen MR) is 177 cm³/mol. The van der Waals surface area contributed by atoms with Crippen LogP contribution in [0.25, 0.3) is 11.1 Å². The van der Waals surface area contributed by atoms with Crippen LogP contribution < -0.4 is 10.6 Å².